The smallest absolute Gasteiger partial charge is 0.272 e. The fourth-order valence-electron chi connectivity index (χ4n) is 1.18. The molecule has 2 aromatic heterocycles. The lowest BCUT2D eigenvalue weighted by atomic mass is 10.3. The number of furan rings is 1. The van der Waals surface area contributed by atoms with Crippen LogP contribution >= 0.6 is 11.5 Å². The van der Waals surface area contributed by atoms with Crippen molar-refractivity contribution >= 4 is 21.6 Å². The molecule has 0 amide bonds. The molecule has 16 heavy (non-hydrogen) atoms. The third-order valence-corrected chi connectivity index (χ3v) is 3.49. The Labute approximate surface area is 95.9 Å². The zero-order valence-electron chi connectivity index (χ0n) is 8.21. The van der Waals surface area contributed by atoms with Gasteiger partial charge in [0.05, 0.1) is 23.8 Å². The first-order valence-corrected chi connectivity index (χ1v) is 6.45. The molecular formula is C8H8N2O4S2. The van der Waals surface area contributed by atoms with Crippen molar-refractivity contribution < 1.29 is 17.6 Å². The van der Waals surface area contributed by atoms with E-state index in [9.17, 15) is 8.42 Å². The summed E-state index contributed by atoms with van der Waals surface area (Å²) >= 11 is 1.11. The van der Waals surface area contributed by atoms with E-state index in [-0.39, 0.29) is 5.09 Å². The summed E-state index contributed by atoms with van der Waals surface area (Å²) in [5, 5.41) is 4.75. The zero-order valence-corrected chi connectivity index (χ0v) is 9.84. The number of primary sulfonamides is 1. The highest BCUT2D eigenvalue weighted by atomic mass is 32.2. The number of ether oxygens (including phenoxy) is 1. The average Bonchev–Trinajstić information content (AvgIpc) is 2.84. The van der Waals surface area contributed by atoms with Gasteiger partial charge in [-0.1, -0.05) is 0 Å². The lowest BCUT2D eigenvalue weighted by Gasteiger charge is -1.95. The van der Waals surface area contributed by atoms with E-state index in [1.54, 1.807) is 6.07 Å². The van der Waals surface area contributed by atoms with Crippen molar-refractivity contribution in [2.45, 2.75) is 5.09 Å². The van der Waals surface area contributed by atoms with Crippen molar-refractivity contribution in [2.75, 3.05) is 7.11 Å². The largest absolute Gasteiger partial charge is 0.480 e. The first kappa shape index (κ1) is 11.1. The molecule has 6 nitrogen and oxygen atoms in total. The predicted molar refractivity (Wildman–Crippen MR) is 57.7 cm³/mol. The molecule has 86 valence electrons. The molecule has 0 unspecified atom stereocenters. The molecule has 2 aromatic rings. The zero-order chi connectivity index (χ0) is 11.8. The molecule has 8 heteroatoms. The lowest BCUT2D eigenvalue weighted by molar-refractivity contribution is 0.402. The summed E-state index contributed by atoms with van der Waals surface area (Å²) in [7, 11) is -2.38. The average molecular weight is 260 g/mol. The Bertz CT molecular complexity index is 599. The number of sulfonamides is 1. The fraction of sp³-hybridized carbons (Fsp3) is 0.125. The Balaban J connectivity index is 2.53. The molecular weight excluding hydrogens is 252 g/mol. The molecule has 2 rings (SSSR count). The quantitative estimate of drug-likeness (QED) is 0.890. The molecule has 0 saturated carbocycles. The van der Waals surface area contributed by atoms with Crippen molar-refractivity contribution in [1.29, 1.82) is 0 Å². The van der Waals surface area contributed by atoms with Crippen LogP contribution < -0.4 is 9.88 Å². The van der Waals surface area contributed by atoms with Crippen molar-refractivity contribution in [1.82, 2.24) is 4.37 Å². The Kier molecular flexibility index (Phi) is 2.70. The van der Waals surface area contributed by atoms with Gasteiger partial charge in [0.15, 0.2) is 0 Å². The van der Waals surface area contributed by atoms with Crippen LogP contribution in [0.1, 0.15) is 0 Å². The third-order valence-electron chi connectivity index (χ3n) is 1.85. The van der Waals surface area contributed by atoms with E-state index in [2.05, 4.69) is 4.37 Å². The number of rotatable bonds is 3. The highest BCUT2D eigenvalue weighted by Gasteiger charge is 2.20. The van der Waals surface area contributed by atoms with Crippen LogP contribution in [-0.4, -0.2) is 19.9 Å². The van der Waals surface area contributed by atoms with Crippen LogP contribution in [0.25, 0.3) is 10.4 Å². The van der Waals surface area contributed by atoms with E-state index < -0.39 is 10.0 Å². The third kappa shape index (κ3) is 1.94. The number of methoxy groups -OCH3 is 1. The Morgan fingerprint density at radius 1 is 1.56 bits per heavy atom. The van der Waals surface area contributed by atoms with E-state index in [0.29, 0.717) is 16.3 Å². The van der Waals surface area contributed by atoms with Crippen molar-refractivity contribution in [3.63, 3.8) is 0 Å². The highest BCUT2D eigenvalue weighted by Crippen LogP contribution is 2.32. The van der Waals surface area contributed by atoms with Gasteiger partial charge in [0.25, 0.3) is 10.0 Å². The number of nitrogens with two attached hydrogens (primary N) is 1. The summed E-state index contributed by atoms with van der Waals surface area (Å²) in [5.74, 6) is 0.418. The summed E-state index contributed by atoms with van der Waals surface area (Å²) in [6.45, 7) is 0. The molecule has 2 heterocycles. The van der Waals surface area contributed by atoms with Gasteiger partial charge in [-0.3, -0.25) is 0 Å². The molecule has 0 atom stereocenters. The maximum absolute atomic E-state index is 11.2. The minimum atomic E-state index is -3.86. The first-order valence-electron chi connectivity index (χ1n) is 4.14. The molecule has 0 bridgehead atoms. The lowest BCUT2D eigenvalue weighted by Crippen LogP contribution is -2.11. The standard InChI is InChI=1S/C8H8N2O4S2/c1-13-7-4-6(15-10-7)5-2-3-14-8(5)16(9,11)12/h2-4H,1H3,(H2,9,11,12). The minimum absolute atomic E-state index is 0.265. The van der Waals surface area contributed by atoms with E-state index in [0.717, 1.165) is 11.5 Å². The molecule has 0 saturated heterocycles. The van der Waals surface area contributed by atoms with Gasteiger partial charge in [0.1, 0.15) is 0 Å². The number of hydrogen-bond donors (Lipinski definition) is 1. The monoisotopic (exact) mass is 260 g/mol. The number of aromatic nitrogens is 1. The summed E-state index contributed by atoms with van der Waals surface area (Å²) < 4.78 is 36.1. The molecule has 0 aliphatic carbocycles. The first-order chi connectivity index (χ1) is 7.52. The molecule has 2 N–H and O–H groups in total. The maximum Gasteiger partial charge on any atom is 0.272 e. The topological polar surface area (TPSA) is 95.4 Å². The van der Waals surface area contributed by atoms with Crippen molar-refractivity contribution in [2.24, 2.45) is 5.14 Å². The summed E-state index contributed by atoms with van der Waals surface area (Å²) in [6, 6.07) is 3.14. The minimum Gasteiger partial charge on any atom is -0.480 e. The van der Waals surface area contributed by atoms with Gasteiger partial charge in [-0.2, -0.15) is 4.37 Å². The van der Waals surface area contributed by atoms with Gasteiger partial charge in [-0.25, -0.2) is 13.6 Å². The summed E-state index contributed by atoms with van der Waals surface area (Å²) in [6.07, 6.45) is 1.27. The Morgan fingerprint density at radius 3 is 2.88 bits per heavy atom. The van der Waals surface area contributed by atoms with Gasteiger partial charge in [0.2, 0.25) is 11.0 Å². The second-order valence-corrected chi connectivity index (χ2v) is 5.17. The van der Waals surface area contributed by atoms with Crippen molar-refractivity contribution in [3.8, 4) is 16.3 Å². The van der Waals surface area contributed by atoms with Crippen LogP contribution in [0, 0.1) is 0 Å². The van der Waals surface area contributed by atoms with Crippen LogP contribution in [0.3, 0.4) is 0 Å². The molecule has 0 radical (unpaired) electrons. The molecule has 0 fully saturated rings. The molecule has 0 aliphatic heterocycles. The SMILES string of the molecule is COc1cc(-c2ccoc2S(N)(=O)=O)sn1. The predicted octanol–water partition coefficient (Wildman–Crippen LogP) is 1.06. The molecule has 0 aromatic carbocycles. The maximum atomic E-state index is 11.2. The van der Waals surface area contributed by atoms with Crippen molar-refractivity contribution in [3.05, 3.63) is 18.4 Å². The Hall–Kier alpha value is -1.38. The normalized spacial score (nSPS) is 11.6. The van der Waals surface area contributed by atoms with Gasteiger partial charge in [-0.05, 0) is 17.6 Å². The highest BCUT2D eigenvalue weighted by molar-refractivity contribution is 7.89. The molecule has 0 spiro atoms. The van der Waals surface area contributed by atoms with Crippen LogP contribution in [-0.2, 0) is 10.0 Å². The van der Waals surface area contributed by atoms with Crippen LogP contribution in [0.2, 0.25) is 0 Å². The van der Waals surface area contributed by atoms with E-state index in [1.165, 1.54) is 19.4 Å². The van der Waals surface area contributed by atoms with E-state index in [1.807, 2.05) is 0 Å². The van der Waals surface area contributed by atoms with Crippen LogP contribution in [0.15, 0.2) is 27.9 Å². The van der Waals surface area contributed by atoms with Gasteiger partial charge in [-0.15, -0.1) is 0 Å². The summed E-state index contributed by atoms with van der Waals surface area (Å²) in [4.78, 5) is 0.620. The van der Waals surface area contributed by atoms with Crippen LogP contribution in [0.4, 0.5) is 0 Å². The fourth-order valence-corrected chi connectivity index (χ4v) is 2.65. The van der Waals surface area contributed by atoms with E-state index in [4.69, 9.17) is 14.3 Å². The Morgan fingerprint density at radius 2 is 2.31 bits per heavy atom. The number of nitrogens with zero attached hydrogens (tertiary/aromatic N) is 1. The summed E-state index contributed by atoms with van der Waals surface area (Å²) in [5.41, 5.74) is 0.392. The van der Waals surface area contributed by atoms with Gasteiger partial charge >= 0.3 is 0 Å². The molecule has 0 aliphatic rings. The van der Waals surface area contributed by atoms with Gasteiger partial charge < -0.3 is 9.15 Å². The van der Waals surface area contributed by atoms with E-state index >= 15 is 0 Å². The second kappa shape index (κ2) is 3.89. The second-order valence-electron chi connectivity index (χ2n) is 2.90. The number of hydrogen-bond acceptors (Lipinski definition) is 6. The van der Waals surface area contributed by atoms with Crippen LogP contribution in [0.5, 0.6) is 5.88 Å². The van der Waals surface area contributed by atoms with Gasteiger partial charge in [0, 0.05) is 6.07 Å².